The normalized spacial score (nSPS) is 11.0. The average molecular weight is 486 g/mol. The number of amides is 2. The number of halogens is 1. The van der Waals surface area contributed by atoms with Crippen LogP contribution >= 0.6 is 22.6 Å². The number of aromatic nitrogens is 1. The maximum atomic E-state index is 13.0. The number of hydrogen-bond donors (Lipinski definition) is 0. The monoisotopic (exact) mass is 486 g/mol. The van der Waals surface area contributed by atoms with Gasteiger partial charge < -0.3 is 13.9 Å². The van der Waals surface area contributed by atoms with E-state index >= 15 is 0 Å². The van der Waals surface area contributed by atoms with Gasteiger partial charge in [0.1, 0.15) is 11.9 Å². The number of carbonyl (C=O) groups is 3. The Morgan fingerprint density at radius 2 is 1.89 bits per heavy atom. The van der Waals surface area contributed by atoms with Crippen molar-refractivity contribution >= 4 is 46.2 Å². The Labute approximate surface area is 170 Å². The molecule has 0 radical (unpaired) electrons. The Hall–Kier alpha value is -2.43. The van der Waals surface area contributed by atoms with Gasteiger partial charge in [0, 0.05) is 10.5 Å². The molecule has 0 aliphatic rings. The predicted octanol–water partition coefficient (Wildman–Crippen LogP) is 3.96. The standard InChI is InChI=1S/C18H19IN2O6/c1-10-20-13(9-26-10)15(22)21(17(24)27-18(2,3)4)14-8-11(16(23)25-5)6-7-12(14)19/h6-9H,1-5H3. The smallest absolute Gasteiger partial charge is 0.422 e. The topological polar surface area (TPSA) is 98.9 Å². The summed E-state index contributed by atoms with van der Waals surface area (Å²) in [5, 5.41) is 0. The van der Waals surface area contributed by atoms with Crippen molar-refractivity contribution < 1.29 is 28.3 Å². The number of carbonyl (C=O) groups excluding carboxylic acids is 3. The molecular weight excluding hydrogens is 467 g/mol. The molecule has 0 atom stereocenters. The molecule has 1 aromatic carbocycles. The quantitative estimate of drug-likeness (QED) is 0.479. The molecule has 0 bridgehead atoms. The van der Waals surface area contributed by atoms with Crippen molar-refractivity contribution in [1.29, 1.82) is 0 Å². The van der Waals surface area contributed by atoms with E-state index in [-0.39, 0.29) is 22.8 Å². The second-order valence-corrected chi connectivity index (χ2v) is 7.69. The molecule has 0 aliphatic heterocycles. The molecule has 8 nitrogen and oxygen atoms in total. The summed E-state index contributed by atoms with van der Waals surface area (Å²) in [6, 6.07) is 4.53. The molecule has 2 rings (SSSR count). The number of oxazole rings is 1. The first-order chi connectivity index (χ1) is 12.5. The van der Waals surface area contributed by atoms with Crippen LogP contribution in [0.5, 0.6) is 0 Å². The first-order valence-electron chi connectivity index (χ1n) is 7.91. The lowest BCUT2D eigenvalue weighted by Crippen LogP contribution is -2.41. The fourth-order valence-electron chi connectivity index (χ4n) is 2.10. The predicted molar refractivity (Wildman–Crippen MR) is 105 cm³/mol. The number of ether oxygens (including phenoxy) is 2. The van der Waals surface area contributed by atoms with E-state index in [9.17, 15) is 14.4 Å². The minimum Gasteiger partial charge on any atom is -0.465 e. The highest BCUT2D eigenvalue weighted by Gasteiger charge is 2.33. The van der Waals surface area contributed by atoms with Crippen molar-refractivity contribution in [2.45, 2.75) is 33.3 Å². The van der Waals surface area contributed by atoms with Gasteiger partial charge in [-0.15, -0.1) is 0 Å². The summed E-state index contributed by atoms with van der Waals surface area (Å²) in [6.45, 7) is 6.63. The number of rotatable bonds is 3. The molecule has 0 fully saturated rings. The molecule has 9 heteroatoms. The highest BCUT2D eigenvalue weighted by Crippen LogP contribution is 2.28. The van der Waals surface area contributed by atoms with Crippen molar-refractivity contribution in [1.82, 2.24) is 4.98 Å². The van der Waals surface area contributed by atoms with Gasteiger partial charge in [-0.25, -0.2) is 19.5 Å². The molecule has 1 heterocycles. The molecule has 27 heavy (non-hydrogen) atoms. The van der Waals surface area contributed by atoms with Gasteiger partial charge in [-0.2, -0.15) is 0 Å². The Kier molecular flexibility index (Phi) is 6.24. The van der Waals surface area contributed by atoms with Crippen LogP contribution in [0.4, 0.5) is 10.5 Å². The largest absolute Gasteiger partial charge is 0.465 e. The van der Waals surface area contributed by atoms with Crippen LogP contribution in [0.25, 0.3) is 0 Å². The first-order valence-corrected chi connectivity index (χ1v) is 8.99. The van der Waals surface area contributed by atoms with Gasteiger partial charge in [-0.3, -0.25) is 4.79 Å². The Bertz CT molecular complexity index is 884. The maximum absolute atomic E-state index is 13.0. The number of esters is 1. The molecule has 0 saturated heterocycles. The van der Waals surface area contributed by atoms with E-state index in [0.717, 1.165) is 11.2 Å². The van der Waals surface area contributed by atoms with Crippen LogP contribution in [0.3, 0.4) is 0 Å². The van der Waals surface area contributed by atoms with Gasteiger partial charge in [0.2, 0.25) is 0 Å². The number of methoxy groups -OCH3 is 1. The van der Waals surface area contributed by atoms with Gasteiger partial charge >= 0.3 is 12.1 Å². The zero-order chi connectivity index (χ0) is 20.4. The van der Waals surface area contributed by atoms with E-state index in [1.165, 1.54) is 19.2 Å². The number of imide groups is 1. The van der Waals surface area contributed by atoms with Crippen LogP contribution in [0.2, 0.25) is 0 Å². The van der Waals surface area contributed by atoms with Crippen molar-refractivity contribution in [2.24, 2.45) is 0 Å². The van der Waals surface area contributed by atoms with E-state index in [2.05, 4.69) is 4.98 Å². The van der Waals surface area contributed by atoms with Crippen molar-refractivity contribution in [3.8, 4) is 0 Å². The van der Waals surface area contributed by atoms with E-state index in [1.54, 1.807) is 33.8 Å². The van der Waals surface area contributed by atoms with Crippen molar-refractivity contribution in [2.75, 3.05) is 12.0 Å². The summed E-state index contributed by atoms with van der Waals surface area (Å²) in [4.78, 5) is 42.4. The lowest BCUT2D eigenvalue weighted by Gasteiger charge is -2.26. The molecule has 0 spiro atoms. The number of anilines is 1. The van der Waals surface area contributed by atoms with E-state index in [1.807, 2.05) is 22.6 Å². The van der Waals surface area contributed by atoms with Crippen LogP contribution in [0.15, 0.2) is 28.9 Å². The molecule has 0 saturated carbocycles. The van der Waals surface area contributed by atoms with Gasteiger partial charge in [0.15, 0.2) is 11.6 Å². The lowest BCUT2D eigenvalue weighted by molar-refractivity contribution is 0.0557. The third-order valence-corrected chi connectivity index (χ3v) is 4.14. The number of benzene rings is 1. The summed E-state index contributed by atoms with van der Waals surface area (Å²) in [5.74, 6) is -1.05. The fourth-order valence-corrected chi connectivity index (χ4v) is 2.68. The number of hydrogen-bond acceptors (Lipinski definition) is 7. The third kappa shape index (κ3) is 5.06. The summed E-state index contributed by atoms with van der Waals surface area (Å²) >= 11 is 1.96. The minimum absolute atomic E-state index is 0.0577. The molecule has 0 N–H and O–H groups in total. The van der Waals surface area contributed by atoms with Crippen LogP contribution in [-0.4, -0.2) is 35.7 Å². The van der Waals surface area contributed by atoms with Crippen LogP contribution in [0, 0.1) is 10.5 Å². The summed E-state index contributed by atoms with van der Waals surface area (Å²) < 4.78 is 15.7. The Morgan fingerprint density at radius 3 is 2.41 bits per heavy atom. The maximum Gasteiger partial charge on any atom is 0.422 e. The molecule has 0 unspecified atom stereocenters. The molecule has 144 valence electrons. The summed E-state index contributed by atoms with van der Waals surface area (Å²) in [7, 11) is 1.24. The van der Waals surface area contributed by atoms with Crippen LogP contribution < -0.4 is 4.90 Å². The third-order valence-electron chi connectivity index (χ3n) is 3.23. The fraction of sp³-hybridized carbons (Fsp3) is 0.333. The highest BCUT2D eigenvalue weighted by molar-refractivity contribution is 14.1. The number of aryl methyl sites for hydroxylation is 1. The SMILES string of the molecule is COC(=O)c1ccc(I)c(N(C(=O)OC(C)(C)C)C(=O)c2coc(C)n2)c1. The second kappa shape index (κ2) is 8.07. The van der Waals surface area contributed by atoms with Gasteiger partial charge in [-0.05, 0) is 61.6 Å². The van der Waals surface area contributed by atoms with Gasteiger partial charge in [0.05, 0.1) is 18.4 Å². The van der Waals surface area contributed by atoms with E-state index in [4.69, 9.17) is 13.9 Å². The Morgan fingerprint density at radius 1 is 1.22 bits per heavy atom. The molecule has 2 amide bonds. The zero-order valence-corrected chi connectivity index (χ0v) is 17.7. The zero-order valence-electron chi connectivity index (χ0n) is 15.5. The molecule has 0 aliphatic carbocycles. The van der Waals surface area contributed by atoms with Crippen molar-refractivity contribution in [3.05, 3.63) is 45.2 Å². The summed E-state index contributed by atoms with van der Waals surface area (Å²) in [6.07, 6.45) is 0.263. The van der Waals surface area contributed by atoms with Crippen LogP contribution in [-0.2, 0) is 9.47 Å². The van der Waals surface area contributed by atoms with E-state index < -0.39 is 23.6 Å². The molecular formula is C18H19IN2O6. The molecule has 2 aromatic rings. The highest BCUT2D eigenvalue weighted by atomic mass is 127. The second-order valence-electron chi connectivity index (χ2n) is 6.53. The lowest BCUT2D eigenvalue weighted by atomic mass is 10.1. The number of nitrogens with zero attached hydrogens (tertiary/aromatic N) is 2. The van der Waals surface area contributed by atoms with Crippen molar-refractivity contribution in [3.63, 3.8) is 0 Å². The van der Waals surface area contributed by atoms with Crippen LogP contribution in [0.1, 0.15) is 47.5 Å². The summed E-state index contributed by atoms with van der Waals surface area (Å²) in [5.41, 5.74) is -0.526. The van der Waals surface area contributed by atoms with Gasteiger partial charge in [-0.1, -0.05) is 0 Å². The van der Waals surface area contributed by atoms with Gasteiger partial charge in [0.25, 0.3) is 5.91 Å². The first kappa shape index (κ1) is 20.9. The molecule has 1 aromatic heterocycles. The van der Waals surface area contributed by atoms with E-state index in [0.29, 0.717) is 3.57 Å². The minimum atomic E-state index is -0.895. The Balaban J connectivity index is 2.57. The average Bonchev–Trinajstić information content (AvgIpc) is 3.00.